The van der Waals surface area contributed by atoms with Crippen molar-refractivity contribution in [3.05, 3.63) is 251 Å². The Morgan fingerprint density at radius 2 is 0.556 bits per heavy atom. The summed E-state index contributed by atoms with van der Waals surface area (Å²) in [7, 11) is -1.84. The molecule has 54 heavy (non-hydrogen) atoms. The van der Waals surface area contributed by atoms with E-state index in [2.05, 4.69) is 218 Å². The molecule has 2 heteroatoms. The summed E-state index contributed by atoms with van der Waals surface area (Å²) in [5.41, 5.74) is 8.47. The highest BCUT2D eigenvalue weighted by Gasteiger charge is 2.44. The maximum atomic E-state index is 2.51. The molecule has 6 aromatic carbocycles. The van der Waals surface area contributed by atoms with Crippen LogP contribution in [0.2, 0.25) is 0 Å². The van der Waals surface area contributed by atoms with Gasteiger partial charge < -0.3 is 0 Å². The Morgan fingerprint density at radius 1 is 0.278 bits per heavy atom. The van der Waals surface area contributed by atoms with E-state index in [-0.39, 0.29) is 23.7 Å². The molecule has 0 spiro atoms. The van der Waals surface area contributed by atoms with Gasteiger partial charge in [0.05, 0.1) is 0 Å². The van der Waals surface area contributed by atoms with Crippen LogP contribution in [0.1, 0.15) is 34.1 Å². The fourth-order valence-corrected chi connectivity index (χ4v) is 14.8. The highest BCUT2D eigenvalue weighted by atomic mass is 31.1. The molecular weight excluding hydrogens is 687 g/mol. The van der Waals surface area contributed by atoms with Gasteiger partial charge in [-0.15, -0.1) is 0 Å². The Hall–Kier alpha value is -5.38. The first-order valence-corrected chi connectivity index (χ1v) is 21.7. The maximum absolute atomic E-state index is 2.51. The molecule has 258 valence electrons. The first-order valence-electron chi connectivity index (χ1n) is 19.0. The van der Waals surface area contributed by atoms with Gasteiger partial charge in [-0.25, -0.2) is 0 Å². The van der Waals surface area contributed by atoms with Crippen molar-refractivity contribution in [1.82, 2.24) is 0 Å². The predicted octanol–water partition coefficient (Wildman–Crippen LogP) is 11.8. The van der Waals surface area contributed by atoms with Crippen molar-refractivity contribution < 1.29 is 0 Å². The van der Waals surface area contributed by atoms with Gasteiger partial charge in [0.15, 0.2) is 0 Å². The Balaban J connectivity index is 1.41. The zero-order valence-electron chi connectivity index (χ0n) is 30.0. The maximum Gasteiger partial charge on any atom is 0.0142 e. The molecule has 0 fully saturated rings. The minimum atomic E-state index is -0.921. The monoisotopic (exact) mass is 726 g/mol. The van der Waals surface area contributed by atoms with Crippen molar-refractivity contribution in [1.29, 1.82) is 0 Å². The lowest BCUT2D eigenvalue weighted by molar-refractivity contribution is 0.672. The topological polar surface area (TPSA) is 0 Å². The Bertz CT molecular complexity index is 2250. The molecule has 0 nitrogen and oxygen atoms in total. The molecule has 4 unspecified atom stereocenters. The van der Waals surface area contributed by atoms with Crippen LogP contribution in [-0.4, -0.2) is 0 Å². The summed E-state index contributed by atoms with van der Waals surface area (Å²) in [5, 5.41) is 8.68. The molecule has 0 heterocycles. The molecule has 0 N–H and O–H groups in total. The van der Waals surface area contributed by atoms with Crippen LogP contribution in [-0.2, 0) is 0 Å². The summed E-state index contributed by atoms with van der Waals surface area (Å²) in [6.07, 6.45) is 19.1. The van der Waals surface area contributed by atoms with Crippen LogP contribution in [0.5, 0.6) is 0 Å². The SMILES string of the molecule is C1=CC2C(P(c3ccccc3)c3ccccc3)=C(C3=C(P(c4ccccc4)c4ccccc4)C4C=CC=CC4c4ccccc43)c3ccccc3C2C=C1. The number of fused-ring (bicyclic) bond motifs is 6. The summed E-state index contributed by atoms with van der Waals surface area (Å²) in [4.78, 5) is 0. The van der Waals surface area contributed by atoms with Gasteiger partial charge in [0.25, 0.3) is 0 Å². The van der Waals surface area contributed by atoms with E-state index in [0.717, 1.165) is 0 Å². The van der Waals surface area contributed by atoms with Crippen molar-refractivity contribution in [3.63, 3.8) is 0 Å². The Kier molecular flexibility index (Phi) is 8.89. The van der Waals surface area contributed by atoms with E-state index >= 15 is 0 Å². The average Bonchev–Trinajstić information content (AvgIpc) is 3.26. The van der Waals surface area contributed by atoms with Gasteiger partial charge in [-0.3, -0.25) is 0 Å². The summed E-state index contributed by atoms with van der Waals surface area (Å²) in [6, 6.07) is 64.1. The highest BCUT2D eigenvalue weighted by molar-refractivity contribution is 7.77. The second-order valence-electron chi connectivity index (χ2n) is 14.4. The first kappa shape index (κ1) is 33.2. The van der Waals surface area contributed by atoms with Crippen LogP contribution in [0.4, 0.5) is 0 Å². The Morgan fingerprint density at radius 3 is 0.889 bits per heavy atom. The molecule has 0 aromatic heterocycles. The van der Waals surface area contributed by atoms with Gasteiger partial charge >= 0.3 is 0 Å². The molecule has 4 aliphatic rings. The smallest absolute Gasteiger partial charge is 0.0142 e. The van der Waals surface area contributed by atoms with Crippen molar-refractivity contribution in [3.8, 4) is 0 Å². The van der Waals surface area contributed by atoms with Crippen LogP contribution in [0.25, 0.3) is 11.1 Å². The molecule has 0 saturated heterocycles. The predicted molar refractivity (Wildman–Crippen MR) is 234 cm³/mol. The quantitative estimate of drug-likeness (QED) is 0.144. The van der Waals surface area contributed by atoms with Crippen molar-refractivity contribution in [2.24, 2.45) is 11.8 Å². The van der Waals surface area contributed by atoms with Crippen LogP contribution in [0, 0.1) is 11.8 Å². The molecule has 10 rings (SSSR count). The highest BCUT2D eigenvalue weighted by Crippen LogP contribution is 2.66. The number of rotatable bonds is 7. The zero-order valence-corrected chi connectivity index (χ0v) is 31.8. The van der Waals surface area contributed by atoms with E-state index < -0.39 is 15.8 Å². The Labute approximate surface area is 321 Å². The van der Waals surface area contributed by atoms with Gasteiger partial charge in [0.1, 0.15) is 0 Å². The van der Waals surface area contributed by atoms with E-state index in [1.165, 1.54) is 54.6 Å². The van der Waals surface area contributed by atoms with Crippen LogP contribution in [0.15, 0.2) is 229 Å². The third kappa shape index (κ3) is 5.69. The lowest BCUT2D eigenvalue weighted by atomic mass is 9.68. The van der Waals surface area contributed by atoms with Crippen LogP contribution in [0.3, 0.4) is 0 Å². The largest absolute Gasteiger partial charge is 0.0761 e. The average molecular weight is 727 g/mol. The summed E-state index contributed by atoms with van der Waals surface area (Å²) in [6.45, 7) is 0. The molecule has 0 aliphatic heterocycles. The van der Waals surface area contributed by atoms with Crippen molar-refractivity contribution in [2.75, 3.05) is 0 Å². The standard InChI is InChI=1S/C52H40P2/c1-5-21-37(22-6-1)53(38-23-7-2-8-24-38)51-47-35-19-15-31-43(47)41-29-13-17-33-45(41)49(51)50-46-34-18-14-30-42(46)44-32-16-20-36-48(44)52(50)54(39-25-9-3-10-26-39)40-27-11-4-12-28-40/h1-36,43-44,47-48H. The van der Waals surface area contributed by atoms with Crippen LogP contribution < -0.4 is 21.2 Å². The van der Waals surface area contributed by atoms with Gasteiger partial charge in [-0.05, 0) is 81.1 Å². The number of allylic oxidation sites excluding steroid dienone is 12. The second-order valence-corrected chi connectivity index (χ2v) is 18.7. The number of hydrogen-bond acceptors (Lipinski definition) is 0. The molecule has 0 bridgehead atoms. The minimum absolute atomic E-state index is 0.214. The van der Waals surface area contributed by atoms with E-state index in [9.17, 15) is 0 Å². The third-order valence-electron chi connectivity index (χ3n) is 11.4. The van der Waals surface area contributed by atoms with Gasteiger partial charge in [-0.1, -0.05) is 218 Å². The first-order chi connectivity index (χ1) is 26.9. The molecule has 0 saturated carbocycles. The van der Waals surface area contributed by atoms with Crippen molar-refractivity contribution in [2.45, 2.75) is 11.8 Å². The lowest BCUT2D eigenvalue weighted by Gasteiger charge is -2.44. The second kappa shape index (κ2) is 14.5. The third-order valence-corrected chi connectivity index (χ3v) is 16.6. The van der Waals surface area contributed by atoms with E-state index in [4.69, 9.17) is 0 Å². The van der Waals surface area contributed by atoms with Gasteiger partial charge in [-0.2, -0.15) is 0 Å². The molecular formula is C52H40P2. The van der Waals surface area contributed by atoms with E-state index in [0.29, 0.717) is 0 Å². The fourth-order valence-electron chi connectivity index (χ4n) is 9.18. The minimum Gasteiger partial charge on any atom is -0.0761 e. The van der Waals surface area contributed by atoms with Gasteiger partial charge in [0, 0.05) is 23.7 Å². The number of benzene rings is 6. The molecule has 4 atom stereocenters. The zero-order chi connectivity index (χ0) is 35.8. The van der Waals surface area contributed by atoms with E-state index in [1.807, 2.05) is 0 Å². The fraction of sp³-hybridized carbons (Fsp3) is 0.0769. The summed E-state index contributed by atoms with van der Waals surface area (Å²) < 4.78 is 0. The van der Waals surface area contributed by atoms with Crippen LogP contribution >= 0.6 is 15.8 Å². The van der Waals surface area contributed by atoms with E-state index in [1.54, 1.807) is 10.6 Å². The summed E-state index contributed by atoms with van der Waals surface area (Å²) in [5.74, 6) is 0.957. The molecule has 4 aliphatic carbocycles. The normalized spacial score (nSPS) is 20.9. The molecule has 0 amide bonds. The molecule has 6 aromatic rings. The van der Waals surface area contributed by atoms with Crippen molar-refractivity contribution >= 4 is 48.2 Å². The molecule has 0 radical (unpaired) electrons. The van der Waals surface area contributed by atoms with Gasteiger partial charge in [0.2, 0.25) is 0 Å². The lowest BCUT2D eigenvalue weighted by Crippen LogP contribution is -2.29. The number of hydrogen-bond donors (Lipinski definition) is 0. The summed E-state index contributed by atoms with van der Waals surface area (Å²) >= 11 is 0.